The number of rotatable bonds is 18. The average Bonchev–Trinajstić information content (AvgIpc) is 4.03. The number of benzene rings is 8. The predicted octanol–water partition coefficient (Wildman–Crippen LogP) is 18.2. The molecule has 70 heavy (non-hydrogen) atoms. The van der Waals surface area contributed by atoms with Gasteiger partial charge in [-0.15, -0.1) is 26.3 Å². The highest BCUT2D eigenvalue weighted by atomic mass is 16.5. The molecule has 0 aliphatic heterocycles. The summed E-state index contributed by atoms with van der Waals surface area (Å²) in [7, 11) is 0. The number of hydrogen-bond donors (Lipinski definition) is 0. The van der Waals surface area contributed by atoms with Crippen molar-refractivity contribution in [2.45, 2.75) is 91.3 Å². The summed E-state index contributed by atoms with van der Waals surface area (Å²) in [6.07, 6.45) is 15.6. The first-order valence-corrected chi connectivity index (χ1v) is 24.6. The zero-order valence-electron chi connectivity index (χ0n) is 41.0. The van der Waals surface area contributed by atoms with Gasteiger partial charge >= 0.3 is 0 Å². The Labute approximate surface area is 411 Å². The van der Waals surface area contributed by atoms with Crippen molar-refractivity contribution in [1.29, 1.82) is 0 Å². The van der Waals surface area contributed by atoms with E-state index in [1.54, 1.807) is 0 Å². The molecule has 0 aliphatic rings. The van der Waals surface area contributed by atoms with Crippen LogP contribution in [0.1, 0.15) is 73.6 Å². The summed E-state index contributed by atoms with van der Waals surface area (Å²) in [6, 6.07) is 42.2. The van der Waals surface area contributed by atoms with Gasteiger partial charge in [0.15, 0.2) is 11.2 Å². The molecule has 0 spiro atoms. The minimum atomic E-state index is 0.144. The van der Waals surface area contributed by atoms with E-state index >= 15 is 0 Å². The molecule has 352 valence electrons. The molecule has 2 heterocycles. The van der Waals surface area contributed by atoms with Crippen LogP contribution in [0.15, 0.2) is 181 Å². The molecule has 10 rings (SSSR count). The molecule has 0 N–H and O–H groups in total. The van der Waals surface area contributed by atoms with Crippen molar-refractivity contribution in [2.24, 2.45) is 0 Å². The number of hydrogen-bond acceptors (Lipinski definition) is 6. The molecule has 8 aromatic carbocycles. The molecule has 6 heteroatoms. The van der Waals surface area contributed by atoms with E-state index in [1.165, 1.54) is 43.8 Å². The zero-order valence-corrected chi connectivity index (χ0v) is 41.0. The van der Waals surface area contributed by atoms with Gasteiger partial charge in [0.1, 0.15) is 22.5 Å². The lowest BCUT2D eigenvalue weighted by Gasteiger charge is -2.18. The van der Waals surface area contributed by atoms with E-state index in [9.17, 15) is 0 Å². The van der Waals surface area contributed by atoms with Gasteiger partial charge in [0.05, 0.1) is 12.2 Å². The number of nitrogens with zero attached hydrogens (tertiary/aromatic N) is 2. The van der Waals surface area contributed by atoms with Crippen molar-refractivity contribution in [1.82, 2.24) is 9.97 Å². The highest BCUT2D eigenvalue weighted by Gasteiger charge is 2.19. The molecule has 0 saturated carbocycles. The Morgan fingerprint density at radius 2 is 0.700 bits per heavy atom. The molecule has 0 atom stereocenters. The third kappa shape index (κ3) is 10.2. The Morgan fingerprint density at radius 1 is 0.400 bits per heavy atom. The van der Waals surface area contributed by atoms with Crippen molar-refractivity contribution in [3.05, 3.63) is 194 Å². The van der Waals surface area contributed by atoms with Gasteiger partial charge in [-0.3, -0.25) is 0 Å². The van der Waals surface area contributed by atoms with E-state index in [4.69, 9.17) is 28.3 Å². The molecule has 0 saturated heterocycles. The Kier molecular flexibility index (Phi) is 14.4. The van der Waals surface area contributed by atoms with Crippen LogP contribution in [-0.2, 0) is 0 Å². The fourth-order valence-corrected chi connectivity index (χ4v) is 9.43. The van der Waals surface area contributed by atoms with Crippen molar-refractivity contribution < 1.29 is 18.3 Å². The summed E-state index contributed by atoms with van der Waals surface area (Å²) in [4.78, 5) is 9.91. The molecule has 0 radical (unpaired) electrons. The van der Waals surface area contributed by atoms with Crippen molar-refractivity contribution in [3.8, 4) is 34.4 Å². The molecule has 0 aliphatic carbocycles. The monoisotopic (exact) mass is 922 g/mol. The van der Waals surface area contributed by atoms with Gasteiger partial charge in [-0.1, -0.05) is 119 Å². The Morgan fingerprint density at radius 3 is 1.01 bits per heavy atom. The Balaban J connectivity index is 0.000000174. The van der Waals surface area contributed by atoms with Gasteiger partial charge in [-0.25, -0.2) is 9.97 Å². The van der Waals surface area contributed by atoms with E-state index in [2.05, 4.69) is 127 Å². The summed E-state index contributed by atoms with van der Waals surface area (Å²) < 4.78 is 25.3. The van der Waals surface area contributed by atoms with Crippen LogP contribution >= 0.6 is 0 Å². The smallest absolute Gasteiger partial charge is 0.227 e. The molecule has 0 unspecified atom stereocenters. The summed E-state index contributed by atoms with van der Waals surface area (Å²) in [5.74, 6) is 2.95. The second-order valence-corrected chi connectivity index (χ2v) is 18.6. The first-order chi connectivity index (χ1) is 34.1. The molecular formula is C64H62N2O4. The van der Waals surface area contributed by atoms with E-state index in [1.807, 2.05) is 72.8 Å². The number of oxazole rings is 2. The topological polar surface area (TPSA) is 70.5 Å². The van der Waals surface area contributed by atoms with Gasteiger partial charge in [0.2, 0.25) is 11.8 Å². The van der Waals surface area contributed by atoms with Crippen LogP contribution in [0.5, 0.6) is 11.5 Å². The molecular weight excluding hydrogens is 861 g/mol. The SMILES string of the molecule is C=CCCC(CCC=C)Oc1ccc(-c2nc3c4ccc(C)cc4c4cc(C)ccc4c3o2)cc1.C=CCCC(CCC=C)Oc1ccc(-c2nc3c4ccc(C)cc4c4cc(C)ccc4c3o2)cc1. The van der Waals surface area contributed by atoms with Crippen LogP contribution in [0, 0.1) is 27.7 Å². The lowest BCUT2D eigenvalue weighted by molar-refractivity contribution is 0.183. The first-order valence-electron chi connectivity index (χ1n) is 24.6. The third-order valence-electron chi connectivity index (χ3n) is 13.1. The fourth-order valence-electron chi connectivity index (χ4n) is 9.43. The number of aryl methyl sites for hydroxylation is 4. The molecule has 0 bridgehead atoms. The van der Waals surface area contributed by atoms with E-state index in [0.717, 1.165) is 118 Å². The van der Waals surface area contributed by atoms with Gasteiger partial charge in [-0.05, 0) is 149 Å². The second-order valence-electron chi connectivity index (χ2n) is 18.6. The van der Waals surface area contributed by atoms with Crippen molar-refractivity contribution in [3.63, 3.8) is 0 Å². The van der Waals surface area contributed by atoms with E-state index < -0.39 is 0 Å². The average molecular weight is 923 g/mol. The third-order valence-corrected chi connectivity index (χ3v) is 13.1. The minimum absolute atomic E-state index is 0.144. The number of allylic oxidation sites excluding steroid dienone is 4. The summed E-state index contributed by atoms with van der Waals surface area (Å²) >= 11 is 0. The Bertz CT molecular complexity index is 3100. The highest BCUT2D eigenvalue weighted by Crippen LogP contribution is 2.40. The summed E-state index contributed by atoms with van der Waals surface area (Å²) in [6.45, 7) is 23.9. The first kappa shape index (κ1) is 47.4. The normalized spacial score (nSPS) is 11.5. The maximum absolute atomic E-state index is 6.40. The molecule has 10 aromatic rings. The minimum Gasteiger partial charge on any atom is -0.490 e. The van der Waals surface area contributed by atoms with Gasteiger partial charge in [-0.2, -0.15) is 0 Å². The Hall–Kier alpha value is -7.70. The van der Waals surface area contributed by atoms with Crippen LogP contribution in [0.4, 0.5) is 0 Å². The quantitative estimate of drug-likeness (QED) is 0.0631. The lowest BCUT2D eigenvalue weighted by atomic mass is 9.97. The van der Waals surface area contributed by atoms with Gasteiger partial charge in [0, 0.05) is 32.7 Å². The lowest BCUT2D eigenvalue weighted by Crippen LogP contribution is -2.16. The van der Waals surface area contributed by atoms with Crippen molar-refractivity contribution in [2.75, 3.05) is 0 Å². The van der Waals surface area contributed by atoms with Gasteiger partial charge in [0.25, 0.3) is 0 Å². The van der Waals surface area contributed by atoms with E-state index in [-0.39, 0.29) is 12.2 Å². The van der Waals surface area contributed by atoms with Crippen LogP contribution in [0.3, 0.4) is 0 Å². The fraction of sp³-hybridized carbons (Fsp3) is 0.219. The number of aromatic nitrogens is 2. The van der Waals surface area contributed by atoms with Crippen LogP contribution < -0.4 is 9.47 Å². The predicted molar refractivity (Wildman–Crippen MR) is 294 cm³/mol. The maximum Gasteiger partial charge on any atom is 0.227 e. The number of ether oxygens (including phenoxy) is 2. The van der Waals surface area contributed by atoms with Gasteiger partial charge < -0.3 is 18.3 Å². The molecule has 6 nitrogen and oxygen atoms in total. The summed E-state index contributed by atoms with van der Waals surface area (Å²) in [5, 5.41) is 9.25. The summed E-state index contributed by atoms with van der Waals surface area (Å²) in [5.41, 5.74) is 10.3. The van der Waals surface area contributed by atoms with E-state index in [0.29, 0.717) is 11.8 Å². The van der Waals surface area contributed by atoms with Crippen molar-refractivity contribution >= 4 is 65.3 Å². The second kappa shape index (κ2) is 21.3. The maximum atomic E-state index is 6.40. The largest absolute Gasteiger partial charge is 0.490 e. The molecule has 0 fully saturated rings. The standard InChI is InChI=1S/2C32H31NO2/c2*1-5-7-9-24(10-8-6-2)34-25-15-13-23(14-16-25)32-33-30-26-17-11-21(3)19-28(26)29-20-22(4)12-18-27(29)31(30)35-32/h2*5-6,11-20,24H,1-2,7-10H2,3-4H3. The van der Waals surface area contributed by atoms with Crippen LogP contribution in [0.25, 0.3) is 88.2 Å². The zero-order chi connectivity index (χ0) is 48.7. The highest BCUT2D eigenvalue weighted by molar-refractivity contribution is 6.24. The van der Waals surface area contributed by atoms with Crippen LogP contribution in [0.2, 0.25) is 0 Å². The number of fused-ring (bicyclic) bond motifs is 12. The molecule has 2 aromatic heterocycles. The molecule has 0 amide bonds. The van der Waals surface area contributed by atoms with Crippen LogP contribution in [-0.4, -0.2) is 22.2 Å².